The average molecular weight is 392 g/mol. The summed E-state index contributed by atoms with van der Waals surface area (Å²) in [6.45, 7) is 3.75. The lowest BCUT2D eigenvalue weighted by Gasteiger charge is -2.30. The number of nitrogens with zero attached hydrogens (tertiary/aromatic N) is 1. The molecule has 0 spiro atoms. The van der Waals surface area contributed by atoms with Gasteiger partial charge in [0.25, 0.3) is 0 Å². The Hall–Kier alpha value is -3.41. The number of amides is 1. The van der Waals surface area contributed by atoms with E-state index in [9.17, 15) is 14.7 Å². The molecule has 1 atom stereocenters. The summed E-state index contributed by atoms with van der Waals surface area (Å²) >= 11 is 0. The molecule has 1 amide bonds. The number of carbonyl (C=O) groups excluding carboxylic acids is 1. The first-order valence-electron chi connectivity index (χ1n) is 9.56. The highest BCUT2D eigenvalue weighted by Crippen LogP contribution is 2.26. The normalized spacial score (nSPS) is 12.9. The number of aryl methyl sites for hydroxylation is 2. The predicted octanol–water partition coefficient (Wildman–Crippen LogP) is 4.09. The molecule has 150 valence electrons. The molecule has 2 aromatic carbocycles. The number of hydrogen-bond acceptors (Lipinski definition) is 4. The lowest BCUT2D eigenvalue weighted by atomic mass is 9.87. The molecule has 1 unspecified atom stereocenters. The Labute approximate surface area is 169 Å². The molecule has 0 radical (unpaired) electrons. The number of hydrogen-bond donors (Lipinski definition) is 2. The Morgan fingerprint density at radius 2 is 1.79 bits per heavy atom. The quantitative estimate of drug-likeness (QED) is 0.602. The van der Waals surface area contributed by atoms with E-state index in [0.717, 1.165) is 11.1 Å². The van der Waals surface area contributed by atoms with Gasteiger partial charge in [0.05, 0.1) is 6.20 Å². The number of aromatic nitrogens is 1. The summed E-state index contributed by atoms with van der Waals surface area (Å²) in [5.41, 5.74) is 1.16. The first kappa shape index (κ1) is 20.3. The Morgan fingerprint density at radius 1 is 1.10 bits per heavy atom. The van der Waals surface area contributed by atoms with Crippen molar-refractivity contribution in [2.24, 2.45) is 0 Å². The molecule has 0 aliphatic heterocycles. The molecule has 29 heavy (non-hydrogen) atoms. The van der Waals surface area contributed by atoms with Gasteiger partial charge in [-0.3, -0.25) is 4.79 Å². The van der Waals surface area contributed by atoms with Crippen molar-refractivity contribution in [1.29, 1.82) is 0 Å². The van der Waals surface area contributed by atoms with Crippen molar-refractivity contribution in [3.8, 4) is 11.3 Å². The van der Waals surface area contributed by atoms with Crippen molar-refractivity contribution in [1.82, 2.24) is 10.3 Å². The van der Waals surface area contributed by atoms with Crippen molar-refractivity contribution in [2.75, 3.05) is 0 Å². The van der Waals surface area contributed by atoms with Crippen molar-refractivity contribution in [3.63, 3.8) is 0 Å². The van der Waals surface area contributed by atoms with Gasteiger partial charge in [0.1, 0.15) is 0 Å². The van der Waals surface area contributed by atoms with Gasteiger partial charge in [-0.2, -0.15) is 0 Å². The smallest absolute Gasteiger partial charge is 0.334 e. The highest BCUT2D eigenvalue weighted by molar-refractivity contribution is 5.88. The summed E-state index contributed by atoms with van der Waals surface area (Å²) in [4.78, 5) is 28.8. The molecule has 1 heterocycles. The highest BCUT2D eigenvalue weighted by atomic mass is 16.4. The second-order valence-corrected chi connectivity index (χ2v) is 6.96. The van der Waals surface area contributed by atoms with Crippen LogP contribution >= 0.6 is 0 Å². The minimum absolute atomic E-state index is 0.0791. The van der Waals surface area contributed by atoms with E-state index in [2.05, 4.69) is 10.3 Å². The van der Waals surface area contributed by atoms with Crippen LogP contribution in [0.15, 0.2) is 65.2 Å². The van der Waals surface area contributed by atoms with E-state index >= 15 is 0 Å². The number of nitrogens with one attached hydrogen (secondary N) is 1. The maximum absolute atomic E-state index is 12.5. The van der Waals surface area contributed by atoms with Gasteiger partial charge in [0.2, 0.25) is 5.91 Å². The minimum Gasteiger partial charge on any atom is -0.479 e. The SMILES string of the molecule is CCC(NC(=O)CCc1ncc(-c2ccc(C)cc2)o1)(C(=O)O)c1ccccc1. The number of carbonyl (C=O) groups is 2. The van der Waals surface area contributed by atoms with Gasteiger partial charge >= 0.3 is 5.97 Å². The van der Waals surface area contributed by atoms with Crippen molar-refractivity contribution >= 4 is 11.9 Å². The molecule has 3 rings (SSSR count). The van der Waals surface area contributed by atoms with Crippen LogP contribution in [0.4, 0.5) is 0 Å². The third kappa shape index (κ3) is 4.54. The van der Waals surface area contributed by atoms with Crippen LogP contribution in [0.2, 0.25) is 0 Å². The fourth-order valence-corrected chi connectivity index (χ4v) is 3.21. The Bertz CT molecular complexity index is 980. The molecule has 6 heteroatoms. The maximum Gasteiger partial charge on any atom is 0.334 e. The molecular weight excluding hydrogens is 368 g/mol. The van der Waals surface area contributed by atoms with Crippen LogP contribution in [0, 0.1) is 6.92 Å². The summed E-state index contributed by atoms with van der Waals surface area (Å²) in [5, 5.41) is 12.5. The van der Waals surface area contributed by atoms with Crippen molar-refractivity contribution in [3.05, 3.63) is 77.8 Å². The summed E-state index contributed by atoms with van der Waals surface area (Å²) < 4.78 is 5.74. The monoisotopic (exact) mass is 392 g/mol. The van der Waals surface area contributed by atoms with Gasteiger partial charge < -0.3 is 14.8 Å². The van der Waals surface area contributed by atoms with E-state index in [0.29, 0.717) is 17.2 Å². The molecule has 2 N–H and O–H groups in total. The molecule has 0 saturated heterocycles. The number of aliphatic carboxylic acids is 1. The summed E-state index contributed by atoms with van der Waals surface area (Å²) in [6, 6.07) is 16.6. The number of benzene rings is 2. The second-order valence-electron chi connectivity index (χ2n) is 6.96. The van der Waals surface area contributed by atoms with Crippen LogP contribution < -0.4 is 5.32 Å². The topological polar surface area (TPSA) is 92.4 Å². The van der Waals surface area contributed by atoms with Crippen molar-refractivity contribution in [2.45, 2.75) is 38.6 Å². The van der Waals surface area contributed by atoms with Gasteiger partial charge in [-0.25, -0.2) is 9.78 Å². The number of rotatable bonds is 8. The van der Waals surface area contributed by atoms with Crippen LogP contribution in [-0.4, -0.2) is 22.0 Å². The summed E-state index contributed by atoms with van der Waals surface area (Å²) in [6.07, 6.45) is 2.23. The van der Waals surface area contributed by atoms with Gasteiger partial charge in [-0.15, -0.1) is 0 Å². The van der Waals surface area contributed by atoms with Crippen LogP contribution in [0.25, 0.3) is 11.3 Å². The van der Waals surface area contributed by atoms with E-state index in [1.54, 1.807) is 37.4 Å². The third-order valence-electron chi connectivity index (χ3n) is 4.97. The van der Waals surface area contributed by atoms with Gasteiger partial charge in [0, 0.05) is 18.4 Å². The molecule has 0 saturated carbocycles. The van der Waals surface area contributed by atoms with E-state index < -0.39 is 11.5 Å². The standard InChI is InChI=1S/C23H24N2O4/c1-3-23(22(27)28,18-7-5-4-6-8-18)25-20(26)13-14-21-24-15-19(29-21)17-11-9-16(2)10-12-17/h4-12,15H,3,13-14H2,1-2H3,(H,25,26)(H,27,28). The Morgan fingerprint density at radius 3 is 2.41 bits per heavy atom. The molecule has 0 fully saturated rings. The van der Waals surface area contributed by atoms with E-state index in [4.69, 9.17) is 4.42 Å². The van der Waals surface area contributed by atoms with E-state index in [-0.39, 0.29) is 25.2 Å². The summed E-state index contributed by atoms with van der Waals surface area (Å²) in [7, 11) is 0. The van der Waals surface area contributed by atoms with E-state index in [1.807, 2.05) is 37.3 Å². The predicted molar refractivity (Wildman–Crippen MR) is 109 cm³/mol. The highest BCUT2D eigenvalue weighted by Gasteiger charge is 2.40. The largest absolute Gasteiger partial charge is 0.479 e. The zero-order chi connectivity index (χ0) is 20.9. The molecule has 0 aliphatic rings. The second kappa shape index (κ2) is 8.73. The van der Waals surface area contributed by atoms with Crippen LogP contribution in [0.1, 0.15) is 36.8 Å². The number of carboxylic acids is 1. The zero-order valence-corrected chi connectivity index (χ0v) is 16.5. The fraction of sp³-hybridized carbons (Fsp3) is 0.261. The van der Waals surface area contributed by atoms with Crippen LogP contribution in [-0.2, 0) is 21.5 Å². The molecule has 1 aromatic heterocycles. The lowest BCUT2D eigenvalue weighted by molar-refractivity contribution is -0.148. The van der Waals surface area contributed by atoms with E-state index in [1.165, 1.54) is 0 Å². The third-order valence-corrected chi connectivity index (χ3v) is 4.97. The van der Waals surface area contributed by atoms with Crippen LogP contribution in [0.5, 0.6) is 0 Å². The molecule has 0 aliphatic carbocycles. The zero-order valence-electron chi connectivity index (χ0n) is 16.5. The summed E-state index contributed by atoms with van der Waals surface area (Å²) in [5.74, 6) is -0.378. The Balaban J connectivity index is 1.67. The molecular formula is C23H24N2O4. The number of oxazole rings is 1. The number of carboxylic acid groups (broad SMARTS) is 1. The fourth-order valence-electron chi connectivity index (χ4n) is 3.21. The maximum atomic E-state index is 12.5. The Kier molecular flexibility index (Phi) is 6.12. The first-order chi connectivity index (χ1) is 13.9. The minimum atomic E-state index is -1.46. The molecule has 3 aromatic rings. The van der Waals surface area contributed by atoms with Crippen molar-refractivity contribution < 1.29 is 19.1 Å². The first-order valence-corrected chi connectivity index (χ1v) is 9.56. The van der Waals surface area contributed by atoms with Gasteiger partial charge in [0.15, 0.2) is 17.2 Å². The van der Waals surface area contributed by atoms with Crippen LogP contribution in [0.3, 0.4) is 0 Å². The molecule has 6 nitrogen and oxygen atoms in total. The lowest BCUT2D eigenvalue weighted by Crippen LogP contribution is -2.51. The van der Waals surface area contributed by atoms with Gasteiger partial charge in [-0.1, -0.05) is 67.1 Å². The molecule has 0 bridgehead atoms. The average Bonchev–Trinajstić information content (AvgIpc) is 3.20. The van der Waals surface area contributed by atoms with Gasteiger partial charge in [-0.05, 0) is 18.9 Å².